The van der Waals surface area contributed by atoms with E-state index in [0.29, 0.717) is 21.1 Å². The Hall–Kier alpha value is -3.50. The Bertz CT molecular complexity index is 1480. The molecule has 0 bridgehead atoms. The highest BCUT2D eigenvalue weighted by atomic mass is 32.2. The molecule has 0 aliphatic carbocycles. The van der Waals surface area contributed by atoms with Crippen LogP contribution >= 0.6 is 23.1 Å². The van der Waals surface area contributed by atoms with Gasteiger partial charge in [0, 0.05) is 42.9 Å². The Morgan fingerprint density at radius 3 is 2.53 bits per heavy atom. The highest BCUT2D eigenvalue weighted by Gasteiger charge is 2.18. The summed E-state index contributed by atoms with van der Waals surface area (Å²) >= 11 is 2.59. The molecule has 1 amide bonds. The third kappa shape index (κ3) is 4.46. The first kappa shape index (κ1) is 23.7. The molecule has 8 nitrogen and oxygen atoms in total. The fraction of sp³-hybridized carbons (Fsp3) is 0.208. The molecule has 0 atom stereocenters. The van der Waals surface area contributed by atoms with Crippen molar-refractivity contribution in [1.29, 1.82) is 0 Å². The smallest absolute Gasteiger partial charge is 0.269 e. The van der Waals surface area contributed by atoms with E-state index in [0.717, 1.165) is 16.7 Å². The zero-order chi connectivity index (χ0) is 24.6. The number of carbonyl (C=O) groups excluding carboxylic acids is 1. The number of hydrogen-bond donors (Lipinski definition) is 0. The predicted molar refractivity (Wildman–Crippen MR) is 137 cm³/mol. The summed E-state index contributed by atoms with van der Waals surface area (Å²) in [6.07, 6.45) is 0. The van der Waals surface area contributed by atoms with Crippen LogP contribution in [0.5, 0.6) is 0 Å². The molecule has 0 unspecified atom stereocenters. The minimum absolute atomic E-state index is 0.0393. The normalized spacial score (nSPS) is 11.1. The van der Waals surface area contributed by atoms with E-state index in [-0.39, 0.29) is 22.9 Å². The van der Waals surface area contributed by atoms with Crippen molar-refractivity contribution in [2.75, 3.05) is 17.7 Å². The molecule has 0 aliphatic heterocycles. The number of rotatable bonds is 6. The number of nitro benzene ring substituents is 1. The Labute approximate surface area is 204 Å². The monoisotopic (exact) mass is 494 g/mol. The van der Waals surface area contributed by atoms with Crippen molar-refractivity contribution < 1.29 is 9.72 Å². The van der Waals surface area contributed by atoms with Gasteiger partial charge in [0.05, 0.1) is 16.1 Å². The number of fused-ring (bicyclic) bond motifs is 1. The van der Waals surface area contributed by atoms with Crippen molar-refractivity contribution in [3.63, 3.8) is 0 Å². The number of thioether (sulfide) groups is 1. The molecule has 4 rings (SSSR count). The lowest BCUT2D eigenvalue weighted by Gasteiger charge is -2.17. The Balaban J connectivity index is 1.56. The van der Waals surface area contributed by atoms with Gasteiger partial charge >= 0.3 is 0 Å². The molecule has 2 heterocycles. The number of anilines is 1. The second-order valence-electron chi connectivity index (χ2n) is 7.90. The van der Waals surface area contributed by atoms with Crippen molar-refractivity contribution in [1.82, 2.24) is 9.55 Å². The van der Waals surface area contributed by atoms with Gasteiger partial charge in [-0.05, 0) is 42.7 Å². The van der Waals surface area contributed by atoms with Crippen LogP contribution in [-0.4, -0.2) is 33.2 Å². The van der Waals surface area contributed by atoms with E-state index in [1.807, 2.05) is 24.4 Å². The number of thiophene rings is 1. The summed E-state index contributed by atoms with van der Waals surface area (Å²) in [7, 11) is 3.26. The molecular formula is C24H22N4O4S2. The maximum absolute atomic E-state index is 13.2. The van der Waals surface area contributed by atoms with Crippen LogP contribution in [0.4, 0.5) is 11.4 Å². The van der Waals surface area contributed by atoms with Crippen LogP contribution in [0.2, 0.25) is 0 Å². The van der Waals surface area contributed by atoms with Gasteiger partial charge < -0.3 is 4.90 Å². The molecule has 0 aliphatic rings. The molecule has 2 aromatic carbocycles. The number of carbonyl (C=O) groups is 1. The van der Waals surface area contributed by atoms with Crippen LogP contribution < -0.4 is 10.5 Å². The summed E-state index contributed by atoms with van der Waals surface area (Å²) in [6.45, 7) is 4.10. The fourth-order valence-corrected chi connectivity index (χ4v) is 5.34. The molecule has 0 saturated carbocycles. The Morgan fingerprint density at radius 2 is 1.88 bits per heavy atom. The summed E-state index contributed by atoms with van der Waals surface area (Å²) in [5, 5.41) is 13.8. The number of amides is 1. The fourth-order valence-electron chi connectivity index (χ4n) is 3.47. The first-order valence-electron chi connectivity index (χ1n) is 10.4. The molecule has 2 aromatic heterocycles. The molecule has 0 fully saturated rings. The molecule has 0 spiro atoms. The first-order valence-corrected chi connectivity index (χ1v) is 12.2. The number of benzene rings is 2. The van der Waals surface area contributed by atoms with Gasteiger partial charge in [-0.1, -0.05) is 30.0 Å². The number of non-ortho nitro benzene ring substituents is 1. The van der Waals surface area contributed by atoms with Crippen LogP contribution in [0.1, 0.15) is 11.1 Å². The van der Waals surface area contributed by atoms with Gasteiger partial charge in [0.25, 0.3) is 11.2 Å². The lowest BCUT2D eigenvalue weighted by atomic mass is 10.0. The summed E-state index contributed by atoms with van der Waals surface area (Å²) in [4.78, 5) is 43.0. The van der Waals surface area contributed by atoms with E-state index >= 15 is 0 Å². The van der Waals surface area contributed by atoms with E-state index in [1.165, 1.54) is 62.4 Å². The van der Waals surface area contributed by atoms with E-state index in [9.17, 15) is 19.7 Å². The van der Waals surface area contributed by atoms with Crippen LogP contribution in [0.15, 0.2) is 57.8 Å². The zero-order valence-electron chi connectivity index (χ0n) is 19.1. The van der Waals surface area contributed by atoms with Gasteiger partial charge in [-0.25, -0.2) is 4.98 Å². The van der Waals surface area contributed by atoms with Crippen LogP contribution in [-0.2, 0) is 11.8 Å². The lowest BCUT2D eigenvalue weighted by Crippen LogP contribution is -2.28. The maximum Gasteiger partial charge on any atom is 0.269 e. The van der Waals surface area contributed by atoms with Crippen molar-refractivity contribution in [2.45, 2.75) is 19.0 Å². The molecule has 34 heavy (non-hydrogen) atoms. The average Bonchev–Trinajstić information content (AvgIpc) is 3.25. The number of aromatic nitrogens is 2. The van der Waals surface area contributed by atoms with Gasteiger partial charge in [-0.3, -0.25) is 24.3 Å². The topological polar surface area (TPSA) is 98.3 Å². The van der Waals surface area contributed by atoms with Crippen LogP contribution in [0, 0.1) is 24.0 Å². The second kappa shape index (κ2) is 9.40. The average molecular weight is 495 g/mol. The Kier molecular flexibility index (Phi) is 6.54. The van der Waals surface area contributed by atoms with Crippen LogP contribution in [0.3, 0.4) is 0 Å². The highest BCUT2D eigenvalue weighted by molar-refractivity contribution is 7.99. The number of aryl methyl sites for hydroxylation is 2. The molecule has 0 radical (unpaired) electrons. The third-order valence-electron chi connectivity index (χ3n) is 5.74. The summed E-state index contributed by atoms with van der Waals surface area (Å²) in [5.41, 5.74) is 4.54. The summed E-state index contributed by atoms with van der Waals surface area (Å²) in [5.74, 6) is -0.149. The standard InChI is InChI=1S/C24H22N4O4S2/c1-14-5-6-16(11-15(14)2)19-12-33-22-21(19)23(30)27(4)24(25-22)34-13-20(29)26(3)17-7-9-18(10-8-17)28(31)32/h5-12H,13H2,1-4H3. The molecule has 10 heteroatoms. The van der Waals surface area contributed by atoms with E-state index < -0.39 is 4.92 Å². The largest absolute Gasteiger partial charge is 0.315 e. The molecule has 0 saturated heterocycles. The molecule has 4 aromatic rings. The van der Waals surface area contributed by atoms with E-state index in [1.54, 1.807) is 14.1 Å². The number of nitro groups is 1. The van der Waals surface area contributed by atoms with Gasteiger partial charge in [-0.15, -0.1) is 11.3 Å². The summed E-state index contributed by atoms with van der Waals surface area (Å²) < 4.78 is 1.48. The van der Waals surface area contributed by atoms with Crippen LogP contribution in [0.25, 0.3) is 21.3 Å². The second-order valence-corrected chi connectivity index (χ2v) is 9.70. The number of nitrogens with zero attached hydrogens (tertiary/aromatic N) is 4. The number of hydrogen-bond acceptors (Lipinski definition) is 7. The van der Waals surface area contributed by atoms with Crippen molar-refractivity contribution in [3.8, 4) is 11.1 Å². The zero-order valence-corrected chi connectivity index (χ0v) is 20.7. The van der Waals surface area contributed by atoms with E-state index in [2.05, 4.69) is 18.0 Å². The maximum atomic E-state index is 13.2. The van der Waals surface area contributed by atoms with E-state index in [4.69, 9.17) is 0 Å². The van der Waals surface area contributed by atoms with Gasteiger partial charge in [0.1, 0.15) is 4.83 Å². The minimum atomic E-state index is -0.486. The van der Waals surface area contributed by atoms with Crippen molar-refractivity contribution in [3.05, 3.63) is 79.4 Å². The lowest BCUT2D eigenvalue weighted by molar-refractivity contribution is -0.384. The third-order valence-corrected chi connectivity index (χ3v) is 7.63. The molecule has 0 N–H and O–H groups in total. The molecule has 174 valence electrons. The van der Waals surface area contributed by atoms with Gasteiger partial charge in [0.15, 0.2) is 5.16 Å². The Morgan fingerprint density at radius 1 is 1.18 bits per heavy atom. The SMILES string of the molecule is Cc1ccc(-c2csc3nc(SCC(=O)N(C)c4ccc([N+](=O)[O-])cc4)n(C)c(=O)c23)cc1C. The quantitative estimate of drug-likeness (QED) is 0.163. The minimum Gasteiger partial charge on any atom is -0.315 e. The van der Waals surface area contributed by atoms with Crippen molar-refractivity contribution >= 4 is 50.6 Å². The molecular weight excluding hydrogens is 472 g/mol. The first-order chi connectivity index (χ1) is 16.2. The van der Waals surface area contributed by atoms with Gasteiger partial charge in [0.2, 0.25) is 5.91 Å². The van der Waals surface area contributed by atoms with Crippen molar-refractivity contribution in [2.24, 2.45) is 7.05 Å². The van der Waals surface area contributed by atoms with Gasteiger partial charge in [-0.2, -0.15) is 0 Å². The summed E-state index contributed by atoms with van der Waals surface area (Å²) in [6, 6.07) is 11.9. The predicted octanol–water partition coefficient (Wildman–Crippen LogP) is 4.94. The highest BCUT2D eigenvalue weighted by Crippen LogP contribution is 2.33.